The minimum atomic E-state index is -0.897. The normalized spacial score (nSPS) is 11.1. The molecule has 0 spiro atoms. The largest absolute Gasteiger partial charge is 0.466 e. The van der Waals surface area contributed by atoms with E-state index in [9.17, 15) is 19.2 Å². The Hall–Kier alpha value is -3.83. The van der Waals surface area contributed by atoms with Crippen molar-refractivity contribution in [2.75, 3.05) is 23.8 Å². The molecule has 0 aliphatic heterocycles. The van der Waals surface area contributed by atoms with Crippen LogP contribution in [0.3, 0.4) is 0 Å². The van der Waals surface area contributed by atoms with Crippen LogP contribution >= 0.6 is 23.2 Å². The van der Waals surface area contributed by atoms with Crippen molar-refractivity contribution >= 4 is 64.2 Å². The third-order valence-corrected chi connectivity index (χ3v) is 4.91. The number of ether oxygens (including phenoxy) is 1. The van der Waals surface area contributed by atoms with Gasteiger partial charge in [0, 0.05) is 39.4 Å². The molecule has 0 radical (unpaired) electrons. The van der Waals surface area contributed by atoms with Gasteiger partial charge in [0.25, 0.3) is 5.91 Å². The van der Waals surface area contributed by atoms with Crippen LogP contribution in [-0.2, 0) is 19.1 Å². The fraction of sp³-hybridized carbons (Fsp3) is 0.261. The maximum atomic E-state index is 12.5. The van der Waals surface area contributed by atoms with E-state index in [0.717, 1.165) is 0 Å². The molecule has 1 unspecified atom stereocenters. The Morgan fingerprint density at radius 3 is 2.31 bits per heavy atom. The van der Waals surface area contributed by atoms with Gasteiger partial charge in [-0.25, -0.2) is 0 Å². The van der Waals surface area contributed by atoms with Crippen LogP contribution in [0.25, 0.3) is 0 Å². The van der Waals surface area contributed by atoms with Crippen molar-refractivity contribution < 1.29 is 23.9 Å². The second kappa shape index (κ2) is 13.9. The van der Waals surface area contributed by atoms with E-state index in [1.165, 1.54) is 30.3 Å². The number of rotatable bonds is 11. The highest BCUT2D eigenvalue weighted by atomic mass is 35.5. The minimum Gasteiger partial charge on any atom is -0.466 e. The van der Waals surface area contributed by atoms with Crippen LogP contribution in [0, 0.1) is 5.41 Å². The zero-order chi connectivity index (χ0) is 26.7. The second-order valence-corrected chi connectivity index (χ2v) is 8.36. The first-order valence-corrected chi connectivity index (χ1v) is 11.5. The van der Waals surface area contributed by atoms with Gasteiger partial charge >= 0.3 is 5.97 Å². The van der Waals surface area contributed by atoms with Crippen LogP contribution < -0.4 is 27.0 Å². The first-order chi connectivity index (χ1) is 17.0. The second-order valence-electron chi connectivity index (χ2n) is 7.49. The average Bonchev–Trinajstić information content (AvgIpc) is 2.76. The number of esters is 1. The van der Waals surface area contributed by atoms with Gasteiger partial charge in [-0.1, -0.05) is 29.3 Å². The lowest BCUT2D eigenvalue weighted by molar-refractivity contribution is -0.143. The lowest BCUT2D eigenvalue weighted by atomic mass is 10.1. The molecule has 11 nitrogen and oxygen atoms in total. The molecule has 2 rings (SSSR count). The third-order valence-electron chi connectivity index (χ3n) is 4.47. The molecule has 36 heavy (non-hydrogen) atoms. The van der Waals surface area contributed by atoms with E-state index in [0.29, 0.717) is 21.4 Å². The number of carbonyl (C=O) groups excluding carboxylic acids is 4. The van der Waals surface area contributed by atoms with Crippen molar-refractivity contribution in [3.05, 3.63) is 58.1 Å². The zero-order valence-electron chi connectivity index (χ0n) is 19.3. The molecule has 13 heteroatoms. The lowest BCUT2D eigenvalue weighted by Crippen LogP contribution is -2.44. The number of hydrogen-bond acceptors (Lipinski definition) is 6. The summed E-state index contributed by atoms with van der Waals surface area (Å²) in [5, 5.41) is 18.1. The maximum absolute atomic E-state index is 12.5. The Bertz CT molecular complexity index is 1120. The molecule has 2 aromatic carbocycles. The van der Waals surface area contributed by atoms with Crippen LogP contribution in [0.15, 0.2) is 42.5 Å². The molecule has 3 amide bonds. The Balaban J connectivity index is 1.98. The number of nitrogens with one attached hydrogen (secondary N) is 5. The Labute approximate surface area is 217 Å². The number of hydrogen-bond donors (Lipinski definition) is 6. The molecule has 0 fully saturated rings. The molecule has 0 saturated carbocycles. The van der Waals surface area contributed by atoms with E-state index in [1.54, 1.807) is 19.1 Å². The molecule has 2 aromatic rings. The predicted octanol–water partition coefficient (Wildman–Crippen LogP) is 2.50. The van der Waals surface area contributed by atoms with Crippen molar-refractivity contribution in [3.63, 3.8) is 0 Å². The van der Waals surface area contributed by atoms with Gasteiger partial charge in [-0.3, -0.25) is 24.6 Å². The number of anilines is 2. The van der Waals surface area contributed by atoms with Gasteiger partial charge in [-0.15, -0.1) is 0 Å². The van der Waals surface area contributed by atoms with Gasteiger partial charge < -0.3 is 31.7 Å². The zero-order valence-corrected chi connectivity index (χ0v) is 20.8. The van der Waals surface area contributed by atoms with Crippen molar-refractivity contribution in [1.82, 2.24) is 10.6 Å². The summed E-state index contributed by atoms with van der Waals surface area (Å²) in [6.45, 7) is 1.37. The van der Waals surface area contributed by atoms with Gasteiger partial charge in [0.05, 0.1) is 19.6 Å². The number of halogens is 2. The van der Waals surface area contributed by atoms with Gasteiger partial charge in [0.15, 0.2) is 5.96 Å². The highest BCUT2D eigenvalue weighted by Crippen LogP contribution is 2.22. The maximum Gasteiger partial charge on any atom is 0.307 e. The average molecular weight is 537 g/mol. The summed E-state index contributed by atoms with van der Waals surface area (Å²) >= 11 is 11.9. The summed E-state index contributed by atoms with van der Waals surface area (Å²) in [4.78, 5) is 49.4. The standard InChI is InChI=1S/C23H26Cl2N6O5/c1-2-36-21(34)11-18(10-19(32)29-17-8-14(24)7-15(25)9-17)30-20(33)12-28-22(35)13-4-3-5-16(6-13)31-23(26)27/h3-9,18H,2,10-12H2,1H3,(H,28,35)(H,29,32)(H,30,33)(H4,26,27,31). The molecular formula is C23H26Cl2N6O5. The van der Waals surface area contributed by atoms with Crippen LogP contribution in [0.4, 0.5) is 11.4 Å². The summed E-state index contributed by atoms with van der Waals surface area (Å²) in [6.07, 6.45) is -0.503. The summed E-state index contributed by atoms with van der Waals surface area (Å²) in [5.41, 5.74) is 6.30. The molecule has 7 N–H and O–H groups in total. The van der Waals surface area contributed by atoms with Gasteiger partial charge in [0.1, 0.15) is 0 Å². The third kappa shape index (κ3) is 10.2. The fourth-order valence-corrected chi connectivity index (χ4v) is 3.62. The van der Waals surface area contributed by atoms with Crippen LogP contribution in [0.1, 0.15) is 30.1 Å². The summed E-state index contributed by atoms with van der Waals surface area (Å²) in [6, 6.07) is 9.80. The SMILES string of the molecule is CCOC(=O)CC(CC(=O)Nc1cc(Cl)cc(Cl)c1)NC(=O)CNC(=O)c1cccc(NC(=N)N)c1. The molecule has 0 saturated heterocycles. The molecule has 192 valence electrons. The van der Waals surface area contributed by atoms with Crippen molar-refractivity contribution in [2.24, 2.45) is 5.73 Å². The highest BCUT2D eigenvalue weighted by Gasteiger charge is 2.21. The molecule has 0 bridgehead atoms. The van der Waals surface area contributed by atoms with Crippen LogP contribution in [-0.4, -0.2) is 48.8 Å². The highest BCUT2D eigenvalue weighted by molar-refractivity contribution is 6.35. The smallest absolute Gasteiger partial charge is 0.307 e. The fourth-order valence-electron chi connectivity index (χ4n) is 3.09. The van der Waals surface area contributed by atoms with Gasteiger partial charge in [-0.05, 0) is 43.3 Å². The Kier molecular flexibility index (Phi) is 11.0. The molecule has 0 heterocycles. The summed E-state index contributed by atoms with van der Waals surface area (Å²) < 4.78 is 4.92. The molecular weight excluding hydrogens is 511 g/mol. The summed E-state index contributed by atoms with van der Waals surface area (Å²) in [5.74, 6) is -2.55. The topological polar surface area (TPSA) is 176 Å². The quantitative estimate of drug-likeness (QED) is 0.145. The number of amides is 3. The number of guanidine groups is 1. The minimum absolute atomic E-state index is 0.139. The first kappa shape index (κ1) is 28.4. The van der Waals surface area contributed by atoms with Gasteiger partial charge in [-0.2, -0.15) is 0 Å². The van der Waals surface area contributed by atoms with Crippen LogP contribution in [0.2, 0.25) is 10.0 Å². The number of nitrogens with two attached hydrogens (primary N) is 1. The van der Waals surface area contributed by atoms with E-state index < -0.39 is 36.3 Å². The Morgan fingerprint density at radius 2 is 1.67 bits per heavy atom. The molecule has 0 aromatic heterocycles. The lowest BCUT2D eigenvalue weighted by Gasteiger charge is -2.18. The van der Waals surface area contributed by atoms with E-state index in [-0.39, 0.29) is 31.0 Å². The van der Waals surface area contributed by atoms with Crippen molar-refractivity contribution in [3.8, 4) is 0 Å². The predicted molar refractivity (Wildman–Crippen MR) is 137 cm³/mol. The van der Waals surface area contributed by atoms with Crippen molar-refractivity contribution in [1.29, 1.82) is 5.41 Å². The molecule has 1 atom stereocenters. The van der Waals surface area contributed by atoms with Gasteiger partial charge in [0.2, 0.25) is 11.8 Å². The number of carbonyl (C=O) groups is 4. The van der Waals surface area contributed by atoms with E-state index in [4.69, 9.17) is 39.1 Å². The van der Waals surface area contributed by atoms with E-state index >= 15 is 0 Å². The van der Waals surface area contributed by atoms with E-state index in [1.807, 2.05) is 0 Å². The summed E-state index contributed by atoms with van der Waals surface area (Å²) in [7, 11) is 0. The molecule has 0 aliphatic rings. The first-order valence-electron chi connectivity index (χ1n) is 10.8. The molecule has 0 aliphatic carbocycles. The Morgan fingerprint density at radius 1 is 0.972 bits per heavy atom. The van der Waals surface area contributed by atoms with Crippen LogP contribution in [0.5, 0.6) is 0 Å². The number of benzene rings is 2. The van der Waals surface area contributed by atoms with E-state index in [2.05, 4.69) is 21.3 Å². The van der Waals surface area contributed by atoms with Crippen molar-refractivity contribution in [2.45, 2.75) is 25.8 Å². The monoisotopic (exact) mass is 536 g/mol.